The maximum Gasteiger partial charge on any atom is 0.416 e. The fourth-order valence-corrected chi connectivity index (χ4v) is 2.39. The van der Waals surface area contributed by atoms with E-state index in [0.29, 0.717) is 18.5 Å². The van der Waals surface area contributed by atoms with Crippen LogP contribution in [0.3, 0.4) is 0 Å². The maximum atomic E-state index is 13.1. The van der Waals surface area contributed by atoms with Gasteiger partial charge in [0.2, 0.25) is 0 Å². The van der Waals surface area contributed by atoms with Gasteiger partial charge in [0, 0.05) is 25.2 Å². The molecule has 0 aliphatic heterocycles. The van der Waals surface area contributed by atoms with Gasteiger partial charge in [-0.25, -0.2) is 0 Å². The van der Waals surface area contributed by atoms with Gasteiger partial charge in [-0.15, -0.1) is 0 Å². The maximum absolute atomic E-state index is 13.1. The van der Waals surface area contributed by atoms with Gasteiger partial charge in [0.25, 0.3) is 5.56 Å². The molecule has 0 aliphatic carbocycles. The molecule has 2 N–H and O–H groups in total. The first-order valence-corrected chi connectivity index (χ1v) is 6.86. The number of benzene rings is 1. The molecule has 2 aromatic rings. The number of rotatable bonds is 4. The lowest BCUT2D eigenvalue weighted by Gasteiger charge is -2.14. The van der Waals surface area contributed by atoms with Crippen LogP contribution in [0.4, 0.5) is 13.2 Å². The Hall–Kier alpha value is -2.08. The van der Waals surface area contributed by atoms with Crippen molar-refractivity contribution in [1.29, 1.82) is 0 Å². The Kier molecular flexibility index (Phi) is 4.71. The molecule has 0 unspecified atom stereocenters. The van der Waals surface area contributed by atoms with Crippen LogP contribution in [-0.2, 0) is 26.1 Å². The van der Waals surface area contributed by atoms with Gasteiger partial charge in [-0.1, -0.05) is 24.3 Å². The van der Waals surface area contributed by atoms with E-state index in [-0.39, 0.29) is 12.0 Å². The van der Waals surface area contributed by atoms with Crippen LogP contribution >= 0.6 is 0 Å². The normalized spacial score (nSPS) is 11.7. The van der Waals surface area contributed by atoms with Crippen molar-refractivity contribution in [2.45, 2.75) is 19.0 Å². The number of halogens is 3. The Balaban J connectivity index is 2.47. The molecule has 1 aromatic heterocycles. The smallest absolute Gasteiger partial charge is 0.330 e. The second-order valence-electron chi connectivity index (χ2n) is 5.16. The van der Waals surface area contributed by atoms with Crippen molar-refractivity contribution in [3.63, 3.8) is 0 Å². The number of hydrogen-bond acceptors (Lipinski definition) is 2. The van der Waals surface area contributed by atoms with Gasteiger partial charge in [0.05, 0.1) is 5.56 Å². The summed E-state index contributed by atoms with van der Waals surface area (Å²) in [4.78, 5) is 12.1. The Morgan fingerprint density at radius 3 is 2.50 bits per heavy atom. The van der Waals surface area contributed by atoms with E-state index in [1.54, 1.807) is 18.2 Å². The summed E-state index contributed by atoms with van der Waals surface area (Å²) >= 11 is 0. The average molecular weight is 310 g/mol. The van der Waals surface area contributed by atoms with Crippen molar-refractivity contribution in [3.8, 4) is 0 Å². The molecule has 0 aliphatic rings. The lowest BCUT2D eigenvalue weighted by atomic mass is 9.99. The molecular weight excluding hydrogens is 293 g/mol. The molecule has 22 heavy (non-hydrogen) atoms. The van der Waals surface area contributed by atoms with Crippen molar-refractivity contribution >= 4 is 0 Å². The summed E-state index contributed by atoms with van der Waals surface area (Å²) in [6.07, 6.45) is -2.81. The van der Waals surface area contributed by atoms with Gasteiger partial charge < -0.3 is 10.3 Å². The highest BCUT2D eigenvalue weighted by molar-refractivity contribution is 5.34. The monoisotopic (exact) mass is 310 g/mol. The predicted octanol–water partition coefficient (Wildman–Crippen LogP) is 2.50. The third-order valence-electron chi connectivity index (χ3n) is 3.48. The summed E-state index contributed by atoms with van der Waals surface area (Å²) in [6, 6.07) is 8.08. The molecule has 0 atom stereocenters. The quantitative estimate of drug-likeness (QED) is 0.943. The summed E-state index contributed by atoms with van der Waals surface area (Å²) in [5.74, 6) is 0. The van der Waals surface area contributed by atoms with E-state index in [1.165, 1.54) is 7.05 Å². The van der Waals surface area contributed by atoms with Crippen molar-refractivity contribution in [1.82, 2.24) is 4.57 Å². The van der Waals surface area contributed by atoms with E-state index in [9.17, 15) is 18.0 Å². The number of pyridine rings is 1. The zero-order valence-electron chi connectivity index (χ0n) is 12.2. The minimum absolute atomic E-state index is 0.0548. The van der Waals surface area contributed by atoms with Crippen LogP contribution in [0, 0.1) is 0 Å². The van der Waals surface area contributed by atoms with E-state index in [0.717, 1.165) is 22.4 Å². The molecule has 0 fully saturated rings. The summed E-state index contributed by atoms with van der Waals surface area (Å²) in [5.41, 5.74) is 5.36. The molecule has 0 spiro atoms. The lowest BCUT2D eigenvalue weighted by Crippen LogP contribution is -2.26. The first kappa shape index (κ1) is 16.3. The van der Waals surface area contributed by atoms with Crippen LogP contribution in [-0.4, -0.2) is 11.1 Å². The van der Waals surface area contributed by atoms with Gasteiger partial charge in [-0.2, -0.15) is 13.2 Å². The molecule has 1 aromatic carbocycles. The molecular formula is C16H17F3N2O. The second kappa shape index (κ2) is 6.36. The number of alkyl halides is 3. The Morgan fingerprint density at radius 2 is 1.86 bits per heavy atom. The third kappa shape index (κ3) is 3.57. The lowest BCUT2D eigenvalue weighted by molar-refractivity contribution is -0.138. The molecule has 0 saturated heterocycles. The zero-order chi connectivity index (χ0) is 16.3. The molecule has 0 bridgehead atoms. The van der Waals surface area contributed by atoms with Crippen molar-refractivity contribution in [2.24, 2.45) is 12.8 Å². The molecule has 6 heteroatoms. The fourth-order valence-electron chi connectivity index (χ4n) is 2.39. The minimum Gasteiger partial charge on any atom is -0.330 e. The van der Waals surface area contributed by atoms with Crippen LogP contribution in [0.5, 0.6) is 0 Å². The number of aryl methyl sites for hydroxylation is 1. The van der Waals surface area contributed by atoms with Crippen LogP contribution in [0.1, 0.15) is 22.3 Å². The van der Waals surface area contributed by atoms with Crippen molar-refractivity contribution in [2.75, 3.05) is 6.54 Å². The van der Waals surface area contributed by atoms with Crippen molar-refractivity contribution in [3.05, 3.63) is 69.1 Å². The first-order valence-electron chi connectivity index (χ1n) is 6.86. The molecule has 118 valence electrons. The summed E-state index contributed by atoms with van der Waals surface area (Å²) < 4.78 is 40.5. The average Bonchev–Trinajstić information content (AvgIpc) is 2.43. The van der Waals surface area contributed by atoms with Crippen molar-refractivity contribution < 1.29 is 13.2 Å². The third-order valence-corrected chi connectivity index (χ3v) is 3.48. The standard InChI is InChI=1S/C16H17F3N2O/c1-21-8-6-14(16(17,18)19)13(15(21)22)10-12-4-2-3-11(9-12)5-7-20/h2-4,6,8-9H,5,7,10,20H2,1H3. The van der Waals surface area contributed by atoms with Gasteiger partial charge in [-0.3, -0.25) is 4.79 Å². The molecule has 3 nitrogen and oxygen atoms in total. The molecule has 0 amide bonds. The Labute approximate surface area is 126 Å². The second-order valence-corrected chi connectivity index (χ2v) is 5.16. The van der Waals surface area contributed by atoms with E-state index in [2.05, 4.69) is 0 Å². The molecule has 0 radical (unpaired) electrons. The summed E-state index contributed by atoms with van der Waals surface area (Å²) in [5, 5.41) is 0. The SMILES string of the molecule is Cn1ccc(C(F)(F)F)c(Cc2cccc(CCN)c2)c1=O. The van der Waals surface area contributed by atoms with E-state index in [4.69, 9.17) is 5.73 Å². The molecule has 2 rings (SSSR count). The Morgan fingerprint density at radius 1 is 1.18 bits per heavy atom. The first-order chi connectivity index (χ1) is 10.3. The van der Waals surface area contributed by atoms with Gasteiger partial charge in [0.1, 0.15) is 0 Å². The van der Waals surface area contributed by atoms with Crippen LogP contribution < -0.4 is 11.3 Å². The molecule has 0 saturated carbocycles. The van der Waals surface area contributed by atoms with Crippen LogP contribution in [0.15, 0.2) is 41.3 Å². The van der Waals surface area contributed by atoms with E-state index >= 15 is 0 Å². The van der Waals surface area contributed by atoms with Crippen LogP contribution in [0.2, 0.25) is 0 Å². The highest BCUT2D eigenvalue weighted by atomic mass is 19.4. The topological polar surface area (TPSA) is 48.0 Å². The highest BCUT2D eigenvalue weighted by Gasteiger charge is 2.34. The van der Waals surface area contributed by atoms with Crippen LogP contribution in [0.25, 0.3) is 0 Å². The number of aromatic nitrogens is 1. The van der Waals surface area contributed by atoms with E-state index < -0.39 is 17.3 Å². The number of nitrogens with zero attached hydrogens (tertiary/aromatic N) is 1. The van der Waals surface area contributed by atoms with Gasteiger partial charge in [0.15, 0.2) is 0 Å². The minimum atomic E-state index is -4.54. The molecule has 1 heterocycles. The number of hydrogen-bond donors (Lipinski definition) is 1. The largest absolute Gasteiger partial charge is 0.416 e. The van der Waals surface area contributed by atoms with Gasteiger partial charge in [-0.05, 0) is 30.2 Å². The highest BCUT2D eigenvalue weighted by Crippen LogP contribution is 2.31. The summed E-state index contributed by atoms with van der Waals surface area (Å²) in [7, 11) is 1.44. The van der Waals surface area contributed by atoms with E-state index in [1.807, 2.05) is 6.07 Å². The number of nitrogens with two attached hydrogens (primary N) is 1. The zero-order valence-corrected chi connectivity index (χ0v) is 12.2. The fraction of sp³-hybridized carbons (Fsp3) is 0.312. The predicted molar refractivity (Wildman–Crippen MR) is 78.7 cm³/mol. The Bertz CT molecular complexity index is 720. The summed E-state index contributed by atoms with van der Waals surface area (Å²) in [6.45, 7) is 0.463. The van der Waals surface area contributed by atoms with Gasteiger partial charge >= 0.3 is 6.18 Å².